The molecule has 0 bridgehead atoms. The van der Waals surface area contributed by atoms with Crippen molar-refractivity contribution >= 4 is 40.4 Å². The van der Waals surface area contributed by atoms with Crippen molar-refractivity contribution in [3.05, 3.63) is 94.8 Å². The van der Waals surface area contributed by atoms with Crippen LogP contribution in [0.25, 0.3) is 5.76 Å². The fraction of sp³-hybridized carbons (Fsp3) is 0.125. The Morgan fingerprint density at radius 2 is 1.71 bits per heavy atom. The second-order valence-corrected chi connectivity index (χ2v) is 7.81. The van der Waals surface area contributed by atoms with Gasteiger partial charge in [0, 0.05) is 36.6 Å². The van der Waals surface area contributed by atoms with Gasteiger partial charge in [-0.2, -0.15) is 0 Å². The number of nitrogens with zero attached hydrogens (tertiary/aromatic N) is 3. The minimum atomic E-state index is -0.795. The van der Waals surface area contributed by atoms with Gasteiger partial charge in [0.25, 0.3) is 11.7 Å². The number of anilines is 2. The molecule has 1 unspecified atom stereocenters. The zero-order valence-electron chi connectivity index (χ0n) is 17.0. The molecule has 0 radical (unpaired) electrons. The Labute approximate surface area is 185 Å². The molecule has 2 heterocycles. The first kappa shape index (κ1) is 20.6. The molecule has 1 atom stereocenters. The summed E-state index contributed by atoms with van der Waals surface area (Å²) < 4.78 is 0. The standard InChI is InChI=1S/C24H20ClN3O3/c1-27(2)18-11-7-15(8-12-18)21-20(22(29)16-5-9-17(25)10-6-16)23(30)24(31)28(21)19-4-3-13-26-14-19/h3-14,21,29H,1-2H3/b22-20-. The molecular weight excluding hydrogens is 414 g/mol. The average Bonchev–Trinajstić information content (AvgIpc) is 3.05. The predicted octanol–water partition coefficient (Wildman–Crippen LogP) is 4.43. The van der Waals surface area contributed by atoms with Crippen LogP contribution in [-0.4, -0.2) is 35.9 Å². The van der Waals surface area contributed by atoms with E-state index < -0.39 is 17.7 Å². The number of hydrogen-bond acceptors (Lipinski definition) is 5. The lowest BCUT2D eigenvalue weighted by molar-refractivity contribution is -0.132. The Bertz CT molecular complexity index is 1160. The van der Waals surface area contributed by atoms with Gasteiger partial charge in [-0.3, -0.25) is 19.5 Å². The topological polar surface area (TPSA) is 73.7 Å². The van der Waals surface area contributed by atoms with Crippen molar-refractivity contribution in [3.8, 4) is 0 Å². The third kappa shape index (κ3) is 3.78. The summed E-state index contributed by atoms with van der Waals surface area (Å²) in [6, 6.07) is 16.6. The van der Waals surface area contributed by atoms with E-state index in [9.17, 15) is 14.7 Å². The fourth-order valence-electron chi connectivity index (χ4n) is 3.63. The largest absolute Gasteiger partial charge is 0.507 e. The molecule has 31 heavy (non-hydrogen) atoms. The van der Waals surface area contributed by atoms with Crippen molar-refractivity contribution in [2.24, 2.45) is 0 Å². The molecule has 1 N–H and O–H groups in total. The van der Waals surface area contributed by atoms with Crippen LogP contribution < -0.4 is 9.80 Å². The van der Waals surface area contributed by atoms with Crippen LogP contribution in [0.5, 0.6) is 0 Å². The van der Waals surface area contributed by atoms with Gasteiger partial charge in [-0.15, -0.1) is 0 Å². The summed E-state index contributed by atoms with van der Waals surface area (Å²) in [6.45, 7) is 0. The zero-order valence-corrected chi connectivity index (χ0v) is 17.7. The number of ketones is 1. The van der Waals surface area contributed by atoms with Gasteiger partial charge in [0.15, 0.2) is 0 Å². The van der Waals surface area contributed by atoms with Crippen LogP contribution >= 0.6 is 11.6 Å². The Morgan fingerprint density at radius 1 is 1.03 bits per heavy atom. The molecule has 1 amide bonds. The number of hydrogen-bond donors (Lipinski definition) is 1. The first-order valence-corrected chi connectivity index (χ1v) is 10.0. The highest BCUT2D eigenvalue weighted by atomic mass is 35.5. The maximum Gasteiger partial charge on any atom is 0.300 e. The van der Waals surface area contributed by atoms with E-state index in [2.05, 4.69) is 4.98 Å². The average molecular weight is 434 g/mol. The normalized spacial score (nSPS) is 17.8. The number of benzene rings is 2. The number of amides is 1. The summed E-state index contributed by atoms with van der Waals surface area (Å²) in [5.74, 6) is -1.72. The van der Waals surface area contributed by atoms with Gasteiger partial charge < -0.3 is 10.0 Å². The van der Waals surface area contributed by atoms with Crippen molar-refractivity contribution in [1.82, 2.24) is 4.98 Å². The number of aliphatic hydroxyl groups excluding tert-OH is 1. The molecule has 0 saturated carbocycles. The minimum absolute atomic E-state index is 0.0220. The van der Waals surface area contributed by atoms with Crippen LogP contribution in [0.1, 0.15) is 17.2 Å². The third-order valence-electron chi connectivity index (χ3n) is 5.21. The highest BCUT2D eigenvalue weighted by molar-refractivity contribution is 6.51. The highest BCUT2D eigenvalue weighted by Gasteiger charge is 2.47. The fourth-order valence-corrected chi connectivity index (χ4v) is 3.75. The van der Waals surface area contributed by atoms with Gasteiger partial charge in [-0.1, -0.05) is 23.7 Å². The lowest BCUT2D eigenvalue weighted by atomic mass is 9.95. The number of aromatic nitrogens is 1. The first-order chi connectivity index (χ1) is 14.9. The molecule has 0 aliphatic carbocycles. The van der Waals surface area contributed by atoms with Gasteiger partial charge in [-0.25, -0.2) is 0 Å². The van der Waals surface area contributed by atoms with Crippen molar-refractivity contribution in [2.45, 2.75) is 6.04 Å². The number of carbonyl (C=O) groups is 2. The van der Waals surface area contributed by atoms with Crippen molar-refractivity contribution in [2.75, 3.05) is 23.9 Å². The van der Waals surface area contributed by atoms with Crippen LogP contribution in [0.15, 0.2) is 78.6 Å². The minimum Gasteiger partial charge on any atom is -0.507 e. The third-order valence-corrected chi connectivity index (χ3v) is 5.46. The Hall–Kier alpha value is -3.64. The van der Waals surface area contributed by atoms with Crippen LogP contribution in [0.3, 0.4) is 0 Å². The summed E-state index contributed by atoms with van der Waals surface area (Å²) in [4.78, 5) is 33.5. The Kier molecular flexibility index (Phi) is 5.48. The van der Waals surface area contributed by atoms with E-state index in [1.54, 1.807) is 42.6 Å². The number of aliphatic hydroxyl groups is 1. The Morgan fingerprint density at radius 3 is 2.29 bits per heavy atom. The molecule has 3 aromatic rings. The summed E-state index contributed by atoms with van der Waals surface area (Å²) in [7, 11) is 3.86. The molecule has 1 aromatic heterocycles. The summed E-state index contributed by atoms with van der Waals surface area (Å²) in [5.41, 5.74) is 2.57. The lowest BCUT2D eigenvalue weighted by Crippen LogP contribution is -2.29. The summed E-state index contributed by atoms with van der Waals surface area (Å²) in [6.07, 6.45) is 3.11. The maximum atomic E-state index is 13.1. The number of rotatable bonds is 4. The van der Waals surface area contributed by atoms with Gasteiger partial charge >= 0.3 is 0 Å². The van der Waals surface area contributed by atoms with E-state index in [1.165, 1.54) is 11.1 Å². The molecule has 0 spiro atoms. The molecule has 2 aromatic carbocycles. The second-order valence-electron chi connectivity index (χ2n) is 7.37. The van der Waals surface area contributed by atoms with Crippen LogP contribution in [0.4, 0.5) is 11.4 Å². The SMILES string of the molecule is CN(C)c1ccc(C2/C(=C(/O)c3ccc(Cl)cc3)C(=O)C(=O)N2c2cccnc2)cc1. The van der Waals surface area contributed by atoms with Crippen molar-refractivity contribution in [3.63, 3.8) is 0 Å². The number of pyridine rings is 1. The molecular formula is C24H20ClN3O3. The van der Waals surface area contributed by atoms with Crippen LogP contribution in [0.2, 0.25) is 5.02 Å². The maximum absolute atomic E-state index is 13.1. The van der Waals surface area contributed by atoms with Gasteiger partial charge in [0.1, 0.15) is 5.76 Å². The van der Waals surface area contributed by atoms with Gasteiger partial charge in [0.2, 0.25) is 0 Å². The number of halogens is 1. The highest BCUT2D eigenvalue weighted by Crippen LogP contribution is 2.42. The van der Waals surface area contributed by atoms with E-state index in [0.717, 1.165) is 5.69 Å². The van der Waals surface area contributed by atoms with Crippen LogP contribution in [0, 0.1) is 0 Å². The monoisotopic (exact) mass is 433 g/mol. The van der Waals surface area contributed by atoms with E-state index in [1.807, 2.05) is 43.3 Å². The summed E-state index contributed by atoms with van der Waals surface area (Å²) in [5, 5.41) is 11.6. The molecule has 156 valence electrons. The zero-order chi connectivity index (χ0) is 22.1. The number of Topliss-reactive ketones (excluding diaryl/α,β-unsaturated/α-hetero) is 1. The Balaban J connectivity index is 1.91. The smallest absolute Gasteiger partial charge is 0.300 e. The van der Waals surface area contributed by atoms with E-state index in [0.29, 0.717) is 21.8 Å². The van der Waals surface area contributed by atoms with Crippen LogP contribution in [-0.2, 0) is 9.59 Å². The summed E-state index contributed by atoms with van der Waals surface area (Å²) >= 11 is 5.96. The molecule has 1 saturated heterocycles. The molecule has 1 fully saturated rings. The van der Waals surface area contributed by atoms with Crippen molar-refractivity contribution < 1.29 is 14.7 Å². The quantitative estimate of drug-likeness (QED) is 0.374. The second kappa shape index (κ2) is 8.24. The predicted molar refractivity (Wildman–Crippen MR) is 121 cm³/mol. The van der Waals surface area contributed by atoms with Gasteiger partial charge in [-0.05, 0) is 54.1 Å². The first-order valence-electron chi connectivity index (χ1n) is 9.62. The lowest BCUT2D eigenvalue weighted by Gasteiger charge is -2.25. The van der Waals surface area contributed by atoms with Crippen molar-refractivity contribution in [1.29, 1.82) is 0 Å². The molecule has 4 rings (SSSR count). The molecule has 1 aliphatic heterocycles. The molecule has 7 heteroatoms. The van der Waals surface area contributed by atoms with E-state index in [-0.39, 0.29) is 11.3 Å². The van der Waals surface area contributed by atoms with E-state index in [4.69, 9.17) is 11.6 Å². The number of carbonyl (C=O) groups excluding carboxylic acids is 2. The molecule has 6 nitrogen and oxygen atoms in total. The van der Waals surface area contributed by atoms with Gasteiger partial charge in [0.05, 0.1) is 23.5 Å². The molecule has 1 aliphatic rings. The van der Waals surface area contributed by atoms with E-state index >= 15 is 0 Å².